The highest BCUT2D eigenvalue weighted by molar-refractivity contribution is 5.61. The summed E-state index contributed by atoms with van der Waals surface area (Å²) >= 11 is 0. The Morgan fingerprint density at radius 3 is 2.87 bits per heavy atom. The van der Waals surface area contributed by atoms with Gasteiger partial charge in [0.05, 0.1) is 6.61 Å². The highest BCUT2D eigenvalue weighted by atomic mass is 16.5. The molecule has 0 aromatic heterocycles. The number of hydrogen-bond donors (Lipinski definition) is 0. The first-order valence-corrected chi connectivity index (χ1v) is 5.31. The van der Waals surface area contributed by atoms with Crippen LogP contribution in [0.2, 0.25) is 0 Å². The maximum atomic E-state index is 5.68. The molecule has 0 saturated heterocycles. The van der Waals surface area contributed by atoms with E-state index in [2.05, 4.69) is 26.5 Å². The predicted octanol–water partition coefficient (Wildman–Crippen LogP) is 3.98. The first-order chi connectivity index (χ1) is 7.29. The van der Waals surface area contributed by atoms with Crippen LogP contribution in [0, 0.1) is 6.92 Å². The molecule has 0 heterocycles. The molecule has 0 fully saturated rings. The third-order valence-electron chi connectivity index (χ3n) is 2.14. The Bertz CT molecular complexity index is 350. The third kappa shape index (κ3) is 3.28. The summed E-state index contributed by atoms with van der Waals surface area (Å²) in [6.45, 7) is 8.62. The van der Waals surface area contributed by atoms with Gasteiger partial charge in [0.1, 0.15) is 5.75 Å². The Kier molecular flexibility index (Phi) is 4.69. The molecule has 15 heavy (non-hydrogen) atoms. The van der Waals surface area contributed by atoms with Gasteiger partial charge in [-0.2, -0.15) is 0 Å². The van der Waals surface area contributed by atoms with Crippen molar-refractivity contribution in [3.63, 3.8) is 0 Å². The Morgan fingerprint density at radius 2 is 2.20 bits per heavy atom. The molecule has 0 N–H and O–H groups in total. The van der Waals surface area contributed by atoms with Gasteiger partial charge >= 0.3 is 0 Å². The standard InChI is InChI=1S/C14H18O/c1-4-6-9-13-12(3)8-7-10-14(13)15-11-5-2/h4,6-10H,1,5,11H2,2-3H3/b9-6-. The van der Waals surface area contributed by atoms with E-state index in [0.717, 1.165) is 24.3 Å². The van der Waals surface area contributed by atoms with Crippen molar-refractivity contribution in [3.8, 4) is 5.75 Å². The van der Waals surface area contributed by atoms with E-state index in [0.29, 0.717) is 0 Å². The van der Waals surface area contributed by atoms with Gasteiger partial charge in [-0.05, 0) is 25.0 Å². The second kappa shape index (κ2) is 6.07. The molecule has 1 heteroatoms. The van der Waals surface area contributed by atoms with Crippen LogP contribution in [0.4, 0.5) is 0 Å². The largest absolute Gasteiger partial charge is 0.493 e. The number of benzene rings is 1. The summed E-state index contributed by atoms with van der Waals surface area (Å²) in [5, 5.41) is 0. The summed E-state index contributed by atoms with van der Waals surface area (Å²) in [4.78, 5) is 0. The number of rotatable bonds is 5. The van der Waals surface area contributed by atoms with Gasteiger partial charge in [0.15, 0.2) is 0 Å². The predicted molar refractivity (Wildman–Crippen MR) is 66.2 cm³/mol. The fraction of sp³-hybridized carbons (Fsp3) is 0.286. The number of aryl methyl sites for hydroxylation is 1. The van der Waals surface area contributed by atoms with Crippen molar-refractivity contribution in [2.45, 2.75) is 20.3 Å². The van der Waals surface area contributed by atoms with Crippen LogP contribution < -0.4 is 4.74 Å². The lowest BCUT2D eigenvalue weighted by atomic mass is 10.1. The van der Waals surface area contributed by atoms with Crippen molar-refractivity contribution < 1.29 is 4.74 Å². The van der Waals surface area contributed by atoms with Crippen LogP contribution in [-0.2, 0) is 0 Å². The van der Waals surface area contributed by atoms with Gasteiger partial charge < -0.3 is 4.74 Å². The molecule has 0 saturated carbocycles. The molecule has 0 atom stereocenters. The zero-order valence-corrected chi connectivity index (χ0v) is 9.49. The minimum atomic E-state index is 0.762. The zero-order valence-electron chi connectivity index (χ0n) is 9.49. The second-order valence-corrected chi connectivity index (χ2v) is 3.43. The normalized spacial score (nSPS) is 10.5. The van der Waals surface area contributed by atoms with Crippen molar-refractivity contribution >= 4 is 6.08 Å². The topological polar surface area (TPSA) is 9.23 Å². The molecule has 1 nitrogen and oxygen atoms in total. The quantitative estimate of drug-likeness (QED) is 0.656. The molecule has 0 spiro atoms. The molecule has 1 aromatic rings. The Balaban J connectivity index is 2.97. The Hall–Kier alpha value is -1.50. The summed E-state index contributed by atoms with van der Waals surface area (Å²) in [7, 11) is 0. The van der Waals surface area contributed by atoms with Crippen molar-refractivity contribution in [2.75, 3.05) is 6.61 Å². The average Bonchev–Trinajstić information content (AvgIpc) is 2.25. The highest BCUT2D eigenvalue weighted by Crippen LogP contribution is 2.23. The van der Waals surface area contributed by atoms with Crippen LogP contribution in [0.15, 0.2) is 36.9 Å². The van der Waals surface area contributed by atoms with Crippen LogP contribution in [0.3, 0.4) is 0 Å². The Labute approximate surface area is 92.1 Å². The summed E-state index contributed by atoms with van der Waals surface area (Å²) < 4.78 is 5.68. The van der Waals surface area contributed by atoms with Crippen LogP contribution in [0.5, 0.6) is 5.75 Å². The minimum absolute atomic E-state index is 0.762. The Morgan fingerprint density at radius 1 is 1.40 bits per heavy atom. The molecule has 0 amide bonds. The number of ether oxygens (including phenoxy) is 1. The van der Waals surface area contributed by atoms with Crippen molar-refractivity contribution in [2.24, 2.45) is 0 Å². The van der Waals surface area contributed by atoms with E-state index in [9.17, 15) is 0 Å². The van der Waals surface area contributed by atoms with E-state index < -0.39 is 0 Å². The van der Waals surface area contributed by atoms with E-state index in [1.807, 2.05) is 24.3 Å². The van der Waals surface area contributed by atoms with Gasteiger partial charge in [0, 0.05) is 5.56 Å². The van der Waals surface area contributed by atoms with Gasteiger partial charge in [-0.1, -0.05) is 43.9 Å². The molecule has 1 aromatic carbocycles. The van der Waals surface area contributed by atoms with Gasteiger partial charge in [-0.15, -0.1) is 0 Å². The van der Waals surface area contributed by atoms with Crippen LogP contribution >= 0.6 is 0 Å². The number of hydrogen-bond acceptors (Lipinski definition) is 1. The fourth-order valence-electron chi connectivity index (χ4n) is 1.37. The second-order valence-electron chi connectivity index (χ2n) is 3.43. The van der Waals surface area contributed by atoms with Crippen LogP contribution in [0.1, 0.15) is 24.5 Å². The van der Waals surface area contributed by atoms with Crippen LogP contribution in [-0.4, -0.2) is 6.61 Å². The van der Waals surface area contributed by atoms with Gasteiger partial charge in [-0.3, -0.25) is 0 Å². The lowest BCUT2D eigenvalue weighted by molar-refractivity contribution is 0.316. The van der Waals surface area contributed by atoms with E-state index in [1.54, 1.807) is 6.08 Å². The fourth-order valence-corrected chi connectivity index (χ4v) is 1.37. The first-order valence-electron chi connectivity index (χ1n) is 5.31. The number of allylic oxidation sites excluding steroid dienone is 2. The van der Waals surface area contributed by atoms with E-state index in [1.165, 1.54) is 5.56 Å². The molecule has 1 rings (SSSR count). The van der Waals surface area contributed by atoms with E-state index >= 15 is 0 Å². The molecule has 0 bridgehead atoms. The van der Waals surface area contributed by atoms with Crippen molar-refractivity contribution in [1.29, 1.82) is 0 Å². The van der Waals surface area contributed by atoms with Crippen molar-refractivity contribution in [3.05, 3.63) is 48.1 Å². The lowest BCUT2D eigenvalue weighted by Gasteiger charge is -2.10. The molecule has 0 aliphatic heterocycles. The molecule has 0 radical (unpaired) electrons. The molecule has 80 valence electrons. The monoisotopic (exact) mass is 202 g/mol. The summed E-state index contributed by atoms with van der Waals surface area (Å²) in [5.41, 5.74) is 2.37. The lowest BCUT2D eigenvalue weighted by Crippen LogP contribution is -1.97. The minimum Gasteiger partial charge on any atom is -0.493 e. The zero-order chi connectivity index (χ0) is 11.1. The van der Waals surface area contributed by atoms with Crippen LogP contribution in [0.25, 0.3) is 6.08 Å². The molecular weight excluding hydrogens is 184 g/mol. The third-order valence-corrected chi connectivity index (χ3v) is 2.14. The van der Waals surface area contributed by atoms with Gasteiger partial charge in [0.2, 0.25) is 0 Å². The summed E-state index contributed by atoms with van der Waals surface area (Å²) in [6.07, 6.45) is 6.77. The van der Waals surface area contributed by atoms with Gasteiger partial charge in [0.25, 0.3) is 0 Å². The summed E-state index contributed by atoms with van der Waals surface area (Å²) in [6, 6.07) is 6.11. The molecular formula is C14H18O. The van der Waals surface area contributed by atoms with Crippen molar-refractivity contribution in [1.82, 2.24) is 0 Å². The highest BCUT2D eigenvalue weighted by Gasteiger charge is 2.02. The smallest absolute Gasteiger partial charge is 0.126 e. The van der Waals surface area contributed by atoms with Gasteiger partial charge in [-0.25, -0.2) is 0 Å². The SMILES string of the molecule is C=C/C=C\c1c(C)cccc1OCCC. The molecule has 0 unspecified atom stereocenters. The maximum Gasteiger partial charge on any atom is 0.126 e. The molecule has 0 aliphatic carbocycles. The first kappa shape index (κ1) is 11.6. The van der Waals surface area contributed by atoms with E-state index in [4.69, 9.17) is 4.74 Å². The average molecular weight is 202 g/mol. The molecule has 0 aliphatic rings. The summed E-state index contributed by atoms with van der Waals surface area (Å²) in [5.74, 6) is 0.954. The maximum absolute atomic E-state index is 5.68. The van der Waals surface area contributed by atoms with E-state index in [-0.39, 0.29) is 0 Å².